The quantitative estimate of drug-likeness (QED) is 0.588. The number of nitrogens with zero attached hydrogens (tertiary/aromatic N) is 3. The molecule has 4 nitrogen and oxygen atoms in total. The van der Waals surface area contributed by atoms with Gasteiger partial charge in [0.05, 0.1) is 26.1 Å². The van der Waals surface area contributed by atoms with Gasteiger partial charge in [-0.15, -0.1) is 11.3 Å². The average molecular weight is 306 g/mol. The predicted molar refractivity (Wildman–Crippen MR) is 91.9 cm³/mol. The fourth-order valence-electron chi connectivity index (χ4n) is 2.51. The van der Waals surface area contributed by atoms with E-state index in [1.165, 1.54) is 5.56 Å². The number of aryl methyl sites for hydroxylation is 2. The normalized spacial score (nSPS) is 11.2. The van der Waals surface area contributed by atoms with Gasteiger partial charge in [0.1, 0.15) is 12.1 Å². The van der Waals surface area contributed by atoms with E-state index < -0.39 is 0 Å². The molecule has 0 spiro atoms. The van der Waals surface area contributed by atoms with Gasteiger partial charge in [-0.2, -0.15) is 0 Å². The van der Waals surface area contributed by atoms with Crippen LogP contribution in [0.2, 0.25) is 0 Å². The zero-order valence-corrected chi connectivity index (χ0v) is 13.1. The molecule has 4 rings (SSSR count). The molecule has 2 aromatic heterocycles. The monoisotopic (exact) mass is 306 g/mol. The summed E-state index contributed by atoms with van der Waals surface area (Å²) in [5, 5.41) is 5.49. The zero-order chi connectivity index (χ0) is 15.1. The van der Waals surface area contributed by atoms with Gasteiger partial charge < -0.3 is 5.32 Å². The molecule has 0 fully saturated rings. The van der Waals surface area contributed by atoms with E-state index in [2.05, 4.69) is 51.5 Å². The SMILES string of the molecule is Cc1ccc(Nc2ncnc3ccc4nc(C)sc4c23)cc1. The first-order valence-corrected chi connectivity index (χ1v) is 7.87. The summed E-state index contributed by atoms with van der Waals surface area (Å²) >= 11 is 1.68. The number of hydrogen-bond acceptors (Lipinski definition) is 5. The van der Waals surface area contributed by atoms with E-state index in [-0.39, 0.29) is 0 Å². The molecule has 0 unspecified atom stereocenters. The Balaban J connectivity index is 1.92. The van der Waals surface area contributed by atoms with Crippen molar-refractivity contribution in [2.24, 2.45) is 0 Å². The van der Waals surface area contributed by atoms with Gasteiger partial charge >= 0.3 is 0 Å². The van der Waals surface area contributed by atoms with E-state index in [0.717, 1.165) is 37.6 Å². The largest absolute Gasteiger partial charge is 0.340 e. The van der Waals surface area contributed by atoms with Crippen molar-refractivity contribution in [3.63, 3.8) is 0 Å². The molecule has 1 N–H and O–H groups in total. The third kappa shape index (κ3) is 2.19. The van der Waals surface area contributed by atoms with E-state index >= 15 is 0 Å². The fourth-order valence-corrected chi connectivity index (χ4v) is 3.47. The number of hydrogen-bond donors (Lipinski definition) is 1. The van der Waals surface area contributed by atoms with Crippen molar-refractivity contribution in [2.75, 3.05) is 5.32 Å². The molecule has 22 heavy (non-hydrogen) atoms. The average Bonchev–Trinajstić information content (AvgIpc) is 2.90. The molecule has 0 bridgehead atoms. The highest BCUT2D eigenvalue weighted by Gasteiger charge is 2.11. The number of thiazole rings is 1. The minimum absolute atomic E-state index is 0.822. The molecule has 2 aromatic carbocycles. The first-order chi connectivity index (χ1) is 10.7. The molecule has 0 amide bonds. The molecular weight excluding hydrogens is 292 g/mol. The van der Waals surface area contributed by atoms with Gasteiger partial charge in [-0.05, 0) is 38.1 Å². The fraction of sp³-hybridized carbons (Fsp3) is 0.118. The van der Waals surface area contributed by atoms with Crippen LogP contribution in [0.1, 0.15) is 10.6 Å². The molecule has 0 saturated heterocycles. The predicted octanol–water partition coefficient (Wildman–Crippen LogP) is 4.60. The van der Waals surface area contributed by atoms with Gasteiger partial charge in [0.25, 0.3) is 0 Å². The maximum absolute atomic E-state index is 4.56. The molecule has 0 aliphatic heterocycles. The van der Waals surface area contributed by atoms with E-state index in [4.69, 9.17) is 0 Å². The van der Waals surface area contributed by atoms with Crippen LogP contribution in [-0.4, -0.2) is 15.0 Å². The summed E-state index contributed by atoms with van der Waals surface area (Å²) in [6.07, 6.45) is 1.60. The van der Waals surface area contributed by atoms with Crippen LogP contribution in [0.3, 0.4) is 0 Å². The van der Waals surface area contributed by atoms with E-state index in [9.17, 15) is 0 Å². The topological polar surface area (TPSA) is 50.7 Å². The van der Waals surface area contributed by atoms with E-state index in [1.54, 1.807) is 17.7 Å². The van der Waals surface area contributed by atoms with Gasteiger partial charge in [-0.25, -0.2) is 15.0 Å². The second kappa shape index (κ2) is 5.03. The first-order valence-electron chi connectivity index (χ1n) is 7.05. The van der Waals surface area contributed by atoms with Gasteiger partial charge in [0.15, 0.2) is 0 Å². The van der Waals surface area contributed by atoms with Crippen molar-refractivity contribution >= 4 is 44.0 Å². The number of fused-ring (bicyclic) bond motifs is 3. The maximum Gasteiger partial charge on any atom is 0.143 e. The molecule has 5 heteroatoms. The molecule has 0 atom stereocenters. The molecule has 2 heterocycles. The lowest BCUT2D eigenvalue weighted by atomic mass is 10.2. The van der Waals surface area contributed by atoms with Crippen LogP contribution >= 0.6 is 11.3 Å². The highest BCUT2D eigenvalue weighted by atomic mass is 32.1. The Morgan fingerprint density at radius 2 is 1.68 bits per heavy atom. The standard InChI is InChI=1S/C17H14N4S/c1-10-3-5-12(6-4-10)21-17-15-13(18-9-19-17)7-8-14-16(15)22-11(2)20-14/h3-9H,1-2H3,(H,18,19,21). The molecular formula is C17H14N4S. The minimum Gasteiger partial charge on any atom is -0.340 e. The van der Waals surface area contributed by atoms with Crippen LogP contribution in [0, 0.1) is 13.8 Å². The summed E-state index contributed by atoms with van der Waals surface area (Å²) in [6, 6.07) is 12.3. The Labute approximate surface area is 131 Å². The van der Waals surface area contributed by atoms with Crippen LogP contribution < -0.4 is 5.32 Å². The molecule has 108 valence electrons. The van der Waals surface area contributed by atoms with Crippen molar-refractivity contribution < 1.29 is 0 Å². The summed E-state index contributed by atoms with van der Waals surface area (Å²) in [6.45, 7) is 4.10. The second-order valence-electron chi connectivity index (χ2n) is 5.25. The molecule has 0 aliphatic carbocycles. The summed E-state index contributed by atoms with van der Waals surface area (Å²) < 4.78 is 1.13. The minimum atomic E-state index is 0.822. The van der Waals surface area contributed by atoms with Crippen molar-refractivity contribution in [1.29, 1.82) is 0 Å². The zero-order valence-electron chi connectivity index (χ0n) is 12.3. The van der Waals surface area contributed by atoms with E-state index in [1.807, 2.05) is 19.1 Å². The molecule has 4 aromatic rings. The van der Waals surface area contributed by atoms with Crippen LogP contribution in [0.25, 0.3) is 21.1 Å². The Morgan fingerprint density at radius 1 is 0.909 bits per heavy atom. The highest BCUT2D eigenvalue weighted by Crippen LogP contribution is 2.33. The Kier molecular flexibility index (Phi) is 3.01. The van der Waals surface area contributed by atoms with Gasteiger partial charge in [0.2, 0.25) is 0 Å². The second-order valence-corrected chi connectivity index (χ2v) is 6.46. The van der Waals surface area contributed by atoms with Gasteiger partial charge in [-0.3, -0.25) is 0 Å². The smallest absolute Gasteiger partial charge is 0.143 e. The number of anilines is 2. The third-order valence-corrected chi connectivity index (χ3v) is 4.58. The summed E-state index contributed by atoms with van der Waals surface area (Å²) in [4.78, 5) is 13.4. The first kappa shape index (κ1) is 13.2. The maximum atomic E-state index is 4.56. The van der Waals surface area contributed by atoms with E-state index in [0.29, 0.717) is 0 Å². The van der Waals surface area contributed by atoms with Crippen LogP contribution in [-0.2, 0) is 0 Å². The van der Waals surface area contributed by atoms with Gasteiger partial charge in [-0.1, -0.05) is 17.7 Å². The van der Waals surface area contributed by atoms with Gasteiger partial charge in [0, 0.05) is 5.69 Å². The lowest BCUT2D eigenvalue weighted by Crippen LogP contribution is -1.96. The number of rotatable bonds is 2. The van der Waals surface area contributed by atoms with Crippen LogP contribution in [0.5, 0.6) is 0 Å². The lowest BCUT2D eigenvalue weighted by molar-refractivity contribution is 1.22. The van der Waals surface area contributed by atoms with Crippen molar-refractivity contribution in [1.82, 2.24) is 15.0 Å². The number of aromatic nitrogens is 3. The van der Waals surface area contributed by atoms with Crippen molar-refractivity contribution in [3.05, 3.63) is 53.3 Å². The molecule has 0 radical (unpaired) electrons. The van der Waals surface area contributed by atoms with Crippen LogP contribution in [0.4, 0.5) is 11.5 Å². The molecule has 0 aliphatic rings. The van der Waals surface area contributed by atoms with Crippen LogP contribution in [0.15, 0.2) is 42.7 Å². The summed E-state index contributed by atoms with van der Waals surface area (Å²) in [5.74, 6) is 0.822. The van der Waals surface area contributed by atoms with Crippen molar-refractivity contribution in [3.8, 4) is 0 Å². The Bertz CT molecular complexity index is 973. The molecule has 0 saturated carbocycles. The Morgan fingerprint density at radius 3 is 2.50 bits per heavy atom. The van der Waals surface area contributed by atoms with Crippen molar-refractivity contribution in [2.45, 2.75) is 13.8 Å². The Hall–Kier alpha value is -2.53. The lowest BCUT2D eigenvalue weighted by Gasteiger charge is -2.09. The number of benzene rings is 2. The number of nitrogens with one attached hydrogen (secondary N) is 1. The summed E-state index contributed by atoms with van der Waals surface area (Å²) in [7, 11) is 0. The highest BCUT2D eigenvalue weighted by molar-refractivity contribution is 7.19. The summed E-state index contributed by atoms with van der Waals surface area (Å²) in [5.41, 5.74) is 4.18. The third-order valence-electron chi connectivity index (χ3n) is 3.58.